The molecule has 0 atom stereocenters. The molecule has 2 aromatic carbocycles. The van der Waals surface area contributed by atoms with Gasteiger partial charge in [0.05, 0.1) is 12.8 Å². The minimum atomic E-state index is 0.0223. The Bertz CT molecular complexity index is 755. The minimum absolute atomic E-state index is 0.0223. The molecule has 0 saturated carbocycles. The van der Waals surface area contributed by atoms with E-state index in [1.54, 1.807) is 7.11 Å². The quantitative estimate of drug-likeness (QED) is 0.765. The van der Waals surface area contributed by atoms with Crippen LogP contribution in [-0.2, 0) is 0 Å². The zero-order valence-corrected chi connectivity index (χ0v) is 16.3. The first kappa shape index (κ1) is 19.2. The lowest BCUT2D eigenvalue weighted by atomic mass is 10.1. The lowest BCUT2D eigenvalue weighted by Gasteiger charge is -2.36. The van der Waals surface area contributed by atoms with E-state index in [1.165, 1.54) is 5.69 Å². The zero-order valence-electron chi connectivity index (χ0n) is 16.3. The molecule has 1 amide bonds. The van der Waals surface area contributed by atoms with Crippen LogP contribution in [0.2, 0.25) is 0 Å². The van der Waals surface area contributed by atoms with Crippen molar-refractivity contribution in [2.24, 2.45) is 0 Å². The summed E-state index contributed by atoms with van der Waals surface area (Å²) in [4.78, 5) is 17.1. The molecule has 0 aromatic heterocycles. The Balaban J connectivity index is 1.39. The number of hydrogen-bond donors (Lipinski definition) is 1. The number of methoxy groups -OCH3 is 1. The first-order valence-electron chi connectivity index (χ1n) is 9.63. The fraction of sp³-hybridized carbons (Fsp3) is 0.409. The minimum Gasteiger partial charge on any atom is -0.495 e. The van der Waals surface area contributed by atoms with Crippen molar-refractivity contribution >= 4 is 11.6 Å². The molecule has 0 bridgehead atoms. The summed E-state index contributed by atoms with van der Waals surface area (Å²) in [6, 6.07) is 15.9. The van der Waals surface area contributed by atoms with Crippen LogP contribution >= 0.6 is 0 Å². The number of benzene rings is 2. The maximum atomic E-state index is 12.2. The predicted molar refractivity (Wildman–Crippen MR) is 110 cm³/mol. The van der Waals surface area contributed by atoms with Crippen molar-refractivity contribution < 1.29 is 9.53 Å². The number of carbonyl (C=O) groups is 1. The van der Waals surface area contributed by atoms with Gasteiger partial charge in [-0.05, 0) is 43.7 Å². The molecule has 1 fully saturated rings. The first-order valence-corrected chi connectivity index (χ1v) is 9.63. The van der Waals surface area contributed by atoms with E-state index in [2.05, 4.69) is 27.2 Å². The molecule has 27 heavy (non-hydrogen) atoms. The van der Waals surface area contributed by atoms with E-state index in [9.17, 15) is 4.79 Å². The molecule has 0 aliphatic carbocycles. The monoisotopic (exact) mass is 367 g/mol. The molecule has 1 heterocycles. The number of carbonyl (C=O) groups excluding carboxylic acids is 1. The number of rotatable bonds is 7. The number of piperazine rings is 1. The van der Waals surface area contributed by atoms with E-state index in [4.69, 9.17) is 4.74 Å². The van der Waals surface area contributed by atoms with Crippen LogP contribution < -0.4 is 15.0 Å². The third-order valence-electron chi connectivity index (χ3n) is 5.12. The molecule has 0 spiro atoms. The van der Waals surface area contributed by atoms with Crippen molar-refractivity contribution in [3.05, 3.63) is 59.7 Å². The van der Waals surface area contributed by atoms with Crippen molar-refractivity contribution in [3.63, 3.8) is 0 Å². The van der Waals surface area contributed by atoms with E-state index in [0.717, 1.165) is 56.0 Å². The second-order valence-electron chi connectivity index (χ2n) is 6.92. The summed E-state index contributed by atoms with van der Waals surface area (Å²) in [5.41, 5.74) is 2.95. The van der Waals surface area contributed by atoms with Gasteiger partial charge in [0.2, 0.25) is 0 Å². The van der Waals surface area contributed by atoms with E-state index in [1.807, 2.05) is 43.3 Å². The SMILES string of the molecule is COc1ccccc1N1CCN(CCCNC(=O)c2ccccc2C)CC1. The Kier molecular flexibility index (Phi) is 6.71. The number of anilines is 1. The van der Waals surface area contributed by atoms with Crippen LogP contribution in [-0.4, -0.2) is 57.2 Å². The molecular weight excluding hydrogens is 338 g/mol. The highest BCUT2D eigenvalue weighted by molar-refractivity contribution is 5.95. The van der Waals surface area contributed by atoms with Crippen LogP contribution in [0, 0.1) is 6.92 Å². The summed E-state index contributed by atoms with van der Waals surface area (Å²) in [6.07, 6.45) is 0.965. The van der Waals surface area contributed by atoms with Gasteiger partial charge in [-0.2, -0.15) is 0 Å². The largest absolute Gasteiger partial charge is 0.495 e. The summed E-state index contributed by atoms with van der Waals surface area (Å²) >= 11 is 0. The Labute approximate surface area is 161 Å². The number of nitrogens with zero attached hydrogens (tertiary/aromatic N) is 2. The summed E-state index contributed by atoms with van der Waals surface area (Å²) in [7, 11) is 1.72. The Morgan fingerprint density at radius 2 is 1.74 bits per heavy atom. The van der Waals surface area contributed by atoms with Gasteiger partial charge in [0.1, 0.15) is 5.75 Å². The van der Waals surface area contributed by atoms with Gasteiger partial charge in [-0.15, -0.1) is 0 Å². The topological polar surface area (TPSA) is 44.8 Å². The maximum absolute atomic E-state index is 12.2. The van der Waals surface area contributed by atoms with Crippen molar-refractivity contribution in [2.75, 3.05) is 51.3 Å². The molecule has 5 heteroatoms. The Morgan fingerprint density at radius 1 is 1.04 bits per heavy atom. The highest BCUT2D eigenvalue weighted by Gasteiger charge is 2.19. The van der Waals surface area contributed by atoms with Crippen LogP contribution in [0.5, 0.6) is 5.75 Å². The number of para-hydroxylation sites is 2. The maximum Gasteiger partial charge on any atom is 0.251 e. The fourth-order valence-electron chi connectivity index (χ4n) is 3.53. The summed E-state index contributed by atoms with van der Waals surface area (Å²) in [6.45, 7) is 7.74. The lowest BCUT2D eigenvalue weighted by Crippen LogP contribution is -2.47. The molecule has 144 valence electrons. The normalized spacial score (nSPS) is 14.8. The summed E-state index contributed by atoms with van der Waals surface area (Å²) in [5.74, 6) is 0.957. The molecule has 1 aliphatic heterocycles. The number of nitrogens with one attached hydrogen (secondary N) is 1. The fourth-order valence-corrected chi connectivity index (χ4v) is 3.53. The molecule has 0 unspecified atom stereocenters. The lowest BCUT2D eigenvalue weighted by molar-refractivity contribution is 0.0951. The molecule has 5 nitrogen and oxygen atoms in total. The van der Waals surface area contributed by atoms with Gasteiger partial charge in [-0.1, -0.05) is 30.3 Å². The number of hydrogen-bond acceptors (Lipinski definition) is 4. The molecular formula is C22H29N3O2. The zero-order chi connectivity index (χ0) is 19.1. The van der Waals surface area contributed by atoms with Crippen molar-refractivity contribution in [2.45, 2.75) is 13.3 Å². The van der Waals surface area contributed by atoms with Gasteiger partial charge in [-0.3, -0.25) is 9.69 Å². The van der Waals surface area contributed by atoms with Crippen LogP contribution in [0.3, 0.4) is 0 Å². The van der Waals surface area contributed by atoms with Gasteiger partial charge in [0.25, 0.3) is 5.91 Å². The highest BCUT2D eigenvalue weighted by Crippen LogP contribution is 2.28. The molecule has 1 N–H and O–H groups in total. The Morgan fingerprint density at radius 3 is 2.48 bits per heavy atom. The third-order valence-corrected chi connectivity index (χ3v) is 5.12. The summed E-state index contributed by atoms with van der Waals surface area (Å²) in [5, 5.41) is 3.04. The highest BCUT2D eigenvalue weighted by atomic mass is 16.5. The van der Waals surface area contributed by atoms with Gasteiger partial charge in [0, 0.05) is 38.3 Å². The van der Waals surface area contributed by atoms with Crippen molar-refractivity contribution in [1.82, 2.24) is 10.2 Å². The predicted octanol–water partition coefficient (Wildman–Crippen LogP) is 2.95. The van der Waals surface area contributed by atoms with Crippen LogP contribution in [0.4, 0.5) is 5.69 Å². The van der Waals surface area contributed by atoms with Gasteiger partial charge in [-0.25, -0.2) is 0 Å². The van der Waals surface area contributed by atoms with Crippen LogP contribution in [0.25, 0.3) is 0 Å². The first-order chi connectivity index (χ1) is 13.2. The third kappa shape index (κ3) is 5.01. The number of amides is 1. The molecule has 0 radical (unpaired) electrons. The van der Waals surface area contributed by atoms with Gasteiger partial charge in [0.15, 0.2) is 0 Å². The second kappa shape index (κ2) is 9.42. The standard InChI is InChI=1S/C22H29N3O2/c1-18-8-3-4-9-19(18)22(26)23-12-7-13-24-14-16-25(17-15-24)20-10-5-6-11-21(20)27-2/h3-6,8-11H,7,12-17H2,1-2H3,(H,23,26). The van der Waals surface area contributed by atoms with E-state index in [0.29, 0.717) is 6.54 Å². The molecule has 2 aromatic rings. The molecule has 3 rings (SSSR count). The van der Waals surface area contributed by atoms with E-state index < -0.39 is 0 Å². The van der Waals surface area contributed by atoms with Gasteiger partial charge >= 0.3 is 0 Å². The van der Waals surface area contributed by atoms with Crippen molar-refractivity contribution in [1.29, 1.82) is 0 Å². The second-order valence-corrected chi connectivity index (χ2v) is 6.92. The van der Waals surface area contributed by atoms with Crippen LogP contribution in [0.1, 0.15) is 22.3 Å². The average molecular weight is 367 g/mol. The number of aryl methyl sites for hydroxylation is 1. The van der Waals surface area contributed by atoms with E-state index in [-0.39, 0.29) is 5.91 Å². The molecule has 1 saturated heterocycles. The van der Waals surface area contributed by atoms with Gasteiger partial charge < -0.3 is 15.0 Å². The number of ether oxygens (including phenoxy) is 1. The smallest absolute Gasteiger partial charge is 0.251 e. The van der Waals surface area contributed by atoms with Crippen LogP contribution in [0.15, 0.2) is 48.5 Å². The average Bonchev–Trinajstić information content (AvgIpc) is 2.72. The Hall–Kier alpha value is -2.53. The van der Waals surface area contributed by atoms with E-state index >= 15 is 0 Å². The van der Waals surface area contributed by atoms with Crippen molar-refractivity contribution in [3.8, 4) is 5.75 Å². The summed E-state index contributed by atoms with van der Waals surface area (Å²) < 4.78 is 5.48. The molecule has 1 aliphatic rings.